The van der Waals surface area contributed by atoms with Crippen molar-refractivity contribution in [2.24, 2.45) is 0 Å². The highest BCUT2D eigenvalue weighted by Gasteiger charge is 2.18. The first-order valence-electron chi connectivity index (χ1n) is 7.90. The zero-order chi connectivity index (χ0) is 14.7. The summed E-state index contributed by atoms with van der Waals surface area (Å²) in [7, 11) is 2.16. The Labute approximate surface area is 151 Å². The summed E-state index contributed by atoms with van der Waals surface area (Å²) in [5.74, 6) is 0. The van der Waals surface area contributed by atoms with Crippen LogP contribution in [0.3, 0.4) is 0 Å². The van der Waals surface area contributed by atoms with Crippen LogP contribution in [0.2, 0.25) is 0 Å². The summed E-state index contributed by atoms with van der Waals surface area (Å²) in [5, 5.41) is 0. The van der Waals surface area contributed by atoms with Crippen molar-refractivity contribution in [3.05, 3.63) is 71.3 Å². The van der Waals surface area contributed by atoms with Crippen molar-refractivity contribution in [3.63, 3.8) is 0 Å². The van der Waals surface area contributed by atoms with Crippen LogP contribution in [-0.4, -0.2) is 13.6 Å². The number of benzene rings is 2. The van der Waals surface area contributed by atoms with Crippen LogP contribution in [0.1, 0.15) is 36.5 Å². The highest BCUT2D eigenvalue weighted by molar-refractivity contribution is 14.0. The maximum Gasteiger partial charge on any atom is 0.0446 e. The lowest BCUT2D eigenvalue weighted by Crippen LogP contribution is -2.22. The second kappa shape index (κ2) is 7.82. The van der Waals surface area contributed by atoms with Crippen molar-refractivity contribution in [1.29, 1.82) is 0 Å². The van der Waals surface area contributed by atoms with Gasteiger partial charge in [0.1, 0.15) is 0 Å². The van der Waals surface area contributed by atoms with Crippen molar-refractivity contribution in [3.8, 4) is 0 Å². The summed E-state index contributed by atoms with van der Waals surface area (Å²) in [6, 6.07) is 17.6. The zero-order valence-corrected chi connectivity index (χ0v) is 15.7. The molecule has 0 aromatic heterocycles. The first-order chi connectivity index (χ1) is 10.3. The molecule has 2 aromatic carbocycles. The maximum atomic E-state index is 2.37. The summed E-state index contributed by atoms with van der Waals surface area (Å²) >= 11 is 0. The van der Waals surface area contributed by atoms with Crippen LogP contribution in [-0.2, 0) is 6.42 Å². The van der Waals surface area contributed by atoms with Crippen molar-refractivity contribution in [2.75, 3.05) is 18.5 Å². The van der Waals surface area contributed by atoms with Gasteiger partial charge < -0.3 is 4.90 Å². The van der Waals surface area contributed by atoms with E-state index in [9.17, 15) is 0 Å². The van der Waals surface area contributed by atoms with Gasteiger partial charge >= 0.3 is 0 Å². The molecule has 0 radical (unpaired) electrons. The number of para-hydroxylation sites is 1. The summed E-state index contributed by atoms with van der Waals surface area (Å²) in [5.41, 5.74) is 6.97. The first kappa shape index (κ1) is 17.1. The van der Waals surface area contributed by atoms with Crippen LogP contribution < -0.4 is 4.90 Å². The Kier molecular flexibility index (Phi) is 6.07. The summed E-state index contributed by atoms with van der Waals surface area (Å²) in [6.07, 6.45) is 6.04. The average Bonchev–Trinajstić information content (AvgIpc) is 2.54. The molecule has 116 valence electrons. The van der Waals surface area contributed by atoms with Gasteiger partial charge in [-0.3, -0.25) is 0 Å². The highest BCUT2D eigenvalue weighted by Crippen LogP contribution is 2.36. The molecular weight excluding hydrogens is 381 g/mol. The smallest absolute Gasteiger partial charge is 0.0446 e. The van der Waals surface area contributed by atoms with Gasteiger partial charge in [0.2, 0.25) is 0 Å². The molecule has 1 aliphatic rings. The lowest BCUT2D eigenvalue weighted by Gasteiger charge is -2.28. The lowest BCUT2D eigenvalue weighted by molar-refractivity contribution is 0.793. The lowest BCUT2D eigenvalue weighted by atomic mass is 9.89. The van der Waals surface area contributed by atoms with E-state index in [0.717, 1.165) is 6.54 Å². The molecular formula is C20H24IN. The van der Waals surface area contributed by atoms with Gasteiger partial charge in [-0.05, 0) is 35.6 Å². The normalized spacial score (nSPS) is 13.2. The molecule has 1 aliphatic heterocycles. The molecule has 3 rings (SSSR count). The summed E-state index contributed by atoms with van der Waals surface area (Å²) in [4.78, 5) is 2.31. The van der Waals surface area contributed by atoms with E-state index in [0.29, 0.717) is 0 Å². The molecule has 0 unspecified atom stereocenters. The Bertz CT molecular complexity index is 660. The minimum Gasteiger partial charge on any atom is -0.370 e. The van der Waals surface area contributed by atoms with Crippen molar-refractivity contribution >= 4 is 35.2 Å². The van der Waals surface area contributed by atoms with Gasteiger partial charge in [0.05, 0.1) is 0 Å². The minimum absolute atomic E-state index is 0. The minimum atomic E-state index is 0. The fraction of sp³-hybridized carbons (Fsp3) is 0.300. The van der Waals surface area contributed by atoms with E-state index in [2.05, 4.69) is 73.5 Å². The molecule has 2 aromatic rings. The van der Waals surface area contributed by atoms with Crippen LogP contribution in [0.5, 0.6) is 0 Å². The molecule has 0 atom stereocenters. The second-order valence-electron chi connectivity index (χ2n) is 5.78. The first-order valence-corrected chi connectivity index (χ1v) is 7.90. The molecule has 0 bridgehead atoms. The van der Waals surface area contributed by atoms with E-state index in [1.54, 1.807) is 0 Å². The number of unbranched alkanes of at least 4 members (excludes halogenated alkanes) is 1. The Hall–Kier alpha value is -1.29. The third-order valence-corrected chi connectivity index (χ3v) is 4.28. The molecule has 0 N–H and O–H groups in total. The van der Waals surface area contributed by atoms with Gasteiger partial charge in [0.25, 0.3) is 0 Å². The SMILES string of the molecule is CCCCc1ccccc1C1=CCN(C)c2ccccc21.I. The molecule has 22 heavy (non-hydrogen) atoms. The number of fused-ring (bicyclic) bond motifs is 1. The predicted octanol–water partition coefficient (Wildman–Crippen LogP) is 5.53. The third-order valence-electron chi connectivity index (χ3n) is 4.28. The molecule has 1 heterocycles. The van der Waals surface area contributed by atoms with Crippen LogP contribution in [0.15, 0.2) is 54.6 Å². The number of hydrogen-bond donors (Lipinski definition) is 0. The fourth-order valence-corrected chi connectivity index (χ4v) is 3.09. The number of anilines is 1. The van der Waals surface area contributed by atoms with Gasteiger partial charge in [0.15, 0.2) is 0 Å². The monoisotopic (exact) mass is 405 g/mol. The number of rotatable bonds is 4. The van der Waals surface area contributed by atoms with Crippen molar-refractivity contribution < 1.29 is 0 Å². The van der Waals surface area contributed by atoms with Gasteiger partial charge in [-0.1, -0.05) is 61.9 Å². The molecule has 0 fully saturated rings. The molecule has 0 amide bonds. The Morgan fingerprint density at radius 1 is 0.955 bits per heavy atom. The summed E-state index contributed by atoms with van der Waals surface area (Å²) in [6.45, 7) is 3.24. The quantitative estimate of drug-likeness (QED) is 0.605. The van der Waals surface area contributed by atoms with Gasteiger partial charge in [-0.2, -0.15) is 0 Å². The van der Waals surface area contributed by atoms with E-state index in [-0.39, 0.29) is 24.0 Å². The number of nitrogens with zero attached hydrogens (tertiary/aromatic N) is 1. The van der Waals surface area contributed by atoms with Crippen LogP contribution in [0.4, 0.5) is 5.69 Å². The van der Waals surface area contributed by atoms with E-state index >= 15 is 0 Å². The van der Waals surface area contributed by atoms with Crippen LogP contribution >= 0.6 is 24.0 Å². The van der Waals surface area contributed by atoms with Crippen molar-refractivity contribution in [2.45, 2.75) is 26.2 Å². The molecule has 2 heteroatoms. The van der Waals surface area contributed by atoms with E-state index < -0.39 is 0 Å². The Morgan fingerprint density at radius 3 is 2.41 bits per heavy atom. The molecule has 0 aliphatic carbocycles. The largest absolute Gasteiger partial charge is 0.370 e. The van der Waals surface area contributed by atoms with Crippen LogP contribution in [0, 0.1) is 0 Å². The number of likely N-dealkylation sites (N-methyl/N-ethyl adjacent to an activating group) is 1. The van der Waals surface area contributed by atoms with E-state index in [1.807, 2.05) is 0 Å². The zero-order valence-electron chi connectivity index (χ0n) is 13.4. The predicted molar refractivity (Wildman–Crippen MR) is 107 cm³/mol. The fourth-order valence-electron chi connectivity index (χ4n) is 3.09. The van der Waals surface area contributed by atoms with Gasteiger partial charge in [-0.15, -0.1) is 24.0 Å². The average molecular weight is 405 g/mol. The van der Waals surface area contributed by atoms with Gasteiger partial charge in [-0.25, -0.2) is 0 Å². The molecule has 0 saturated heterocycles. The molecule has 1 nitrogen and oxygen atoms in total. The topological polar surface area (TPSA) is 3.24 Å². The molecule has 0 saturated carbocycles. The number of hydrogen-bond acceptors (Lipinski definition) is 1. The summed E-state index contributed by atoms with van der Waals surface area (Å²) < 4.78 is 0. The second-order valence-corrected chi connectivity index (χ2v) is 5.78. The Balaban J connectivity index is 0.00000176. The van der Waals surface area contributed by atoms with Gasteiger partial charge in [0, 0.05) is 24.8 Å². The van der Waals surface area contributed by atoms with E-state index in [1.165, 1.54) is 47.2 Å². The number of aryl methyl sites for hydroxylation is 1. The molecule has 0 spiro atoms. The number of halogens is 1. The highest BCUT2D eigenvalue weighted by atomic mass is 127. The Morgan fingerprint density at radius 2 is 1.64 bits per heavy atom. The van der Waals surface area contributed by atoms with Crippen molar-refractivity contribution in [1.82, 2.24) is 0 Å². The standard InChI is InChI=1S/C20H23N.HI/c1-3-4-9-16-10-5-6-11-17(16)18-14-15-21(2)20-13-8-7-12-19(18)20;/h5-8,10-14H,3-4,9,15H2,1-2H3;1H. The van der Waals surface area contributed by atoms with E-state index in [4.69, 9.17) is 0 Å². The maximum absolute atomic E-state index is 2.37. The van der Waals surface area contributed by atoms with Crippen LogP contribution in [0.25, 0.3) is 5.57 Å². The third kappa shape index (κ3) is 3.37.